The highest BCUT2D eigenvalue weighted by Crippen LogP contribution is 2.28. The third-order valence-corrected chi connectivity index (χ3v) is 7.75. The highest BCUT2D eigenvalue weighted by atomic mass is 19.1. The summed E-state index contributed by atoms with van der Waals surface area (Å²) in [6.45, 7) is 13.4. The molecule has 7 heteroatoms. The monoisotopic (exact) mass is 540 g/mol. The molecule has 6 nitrogen and oxygen atoms in total. The summed E-state index contributed by atoms with van der Waals surface area (Å²) in [5.74, 6) is -0.682. The summed E-state index contributed by atoms with van der Waals surface area (Å²) in [7, 11) is 0. The number of hydrogen-bond donors (Lipinski definition) is 1. The van der Waals surface area contributed by atoms with E-state index < -0.39 is 0 Å². The number of anilines is 1. The van der Waals surface area contributed by atoms with Crippen LogP contribution >= 0.6 is 0 Å². The van der Waals surface area contributed by atoms with Gasteiger partial charge in [0.15, 0.2) is 0 Å². The molecule has 1 fully saturated rings. The van der Waals surface area contributed by atoms with Crippen LogP contribution in [0.5, 0.6) is 0 Å². The van der Waals surface area contributed by atoms with Crippen molar-refractivity contribution in [2.24, 2.45) is 0 Å². The summed E-state index contributed by atoms with van der Waals surface area (Å²) in [5.41, 5.74) is 5.00. The van der Waals surface area contributed by atoms with E-state index in [1.807, 2.05) is 29.2 Å². The van der Waals surface area contributed by atoms with Crippen LogP contribution in [0.25, 0.3) is 10.9 Å². The average molecular weight is 541 g/mol. The van der Waals surface area contributed by atoms with Crippen molar-refractivity contribution in [2.45, 2.75) is 39.7 Å². The summed E-state index contributed by atoms with van der Waals surface area (Å²) in [6.07, 6.45) is 0. The molecular weight excluding hydrogens is 503 g/mol. The van der Waals surface area contributed by atoms with Gasteiger partial charge in [0.2, 0.25) is 0 Å². The van der Waals surface area contributed by atoms with Crippen LogP contribution in [0.1, 0.15) is 59.7 Å². The molecule has 1 N–H and O–H groups in total. The molecule has 40 heavy (non-hydrogen) atoms. The van der Waals surface area contributed by atoms with Gasteiger partial charge in [-0.15, -0.1) is 0 Å². The number of benzene rings is 3. The fourth-order valence-electron chi connectivity index (χ4n) is 5.22. The van der Waals surface area contributed by atoms with Crippen LogP contribution in [0.2, 0.25) is 0 Å². The van der Waals surface area contributed by atoms with Gasteiger partial charge in [0.1, 0.15) is 11.5 Å². The van der Waals surface area contributed by atoms with Crippen molar-refractivity contribution in [3.8, 4) is 0 Å². The topological polar surface area (TPSA) is 57.6 Å². The standard InChI is InChI=1S/C33H37FN4O2/c1-5-36-16-18-37(19-17-36)32(40)30-21-25-20-28(35-31(39)24-8-12-27(34)13-9-24)14-15-29(25)38(30)22-23-6-10-26(11-7-23)33(2,3)4/h6-15,20-21H,5,16-19,22H2,1-4H3,(H,35,39). The molecule has 5 rings (SSSR count). The lowest BCUT2D eigenvalue weighted by Gasteiger charge is -2.34. The van der Waals surface area contributed by atoms with Crippen molar-refractivity contribution in [2.75, 3.05) is 38.0 Å². The first-order valence-corrected chi connectivity index (χ1v) is 13.9. The molecule has 0 atom stereocenters. The average Bonchev–Trinajstić information content (AvgIpc) is 3.30. The first-order chi connectivity index (χ1) is 19.1. The third-order valence-electron chi connectivity index (χ3n) is 7.75. The van der Waals surface area contributed by atoms with E-state index in [-0.39, 0.29) is 23.0 Å². The van der Waals surface area contributed by atoms with E-state index in [2.05, 4.69) is 66.7 Å². The Kier molecular flexibility index (Phi) is 7.76. The van der Waals surface area contributed by atoms with Gasteiger partial charge in [-0.05, 0) is 71.6 Å². The molecule has 2 heterocycles. The molecule has 1 aliphatic heterocycles. The molecule has 0 bridgehead atoms. The second-order valence-electron chi connectivity index (χ2n) is 11.5. The van der Waals surface area contributed by atoms with Gasteiger partial charge >= 0.3 is 0 Å². The summed E-state index contributed by atoms with van der Waals surface area (Å²) < 4.78 is 15.4. The third kappa shape index (κ3) is 5.94. The molecule has 2 amide bonds. The summed E-state index contributed by atoms with van der Waals surface area (Å²) in [4.78, 5) is 30.9. The molecule has 0 unspecified atom stereocenters. The van der Waals surface area contributed by atoms with Gasteiger partial charge in [-0.25, -0.2) is 4.39 Å². The number of aromatic nitrogens is 1. The number of carbonyl (C=O) groups is 2. The van der Waals surface area contributed by atoms with E-state index in [1.165, 1.54) is 29.8 Å². The first-order valence-electron chi connectivity index (χ1n) is 13.9. The first kappa shape index (κ1) is 27.6. The number of rotatable bonds is 6. The van der Waals surface area contributed by atoms with Crippen LogP contribution in [-0.2, 0) is 12.0 Å². The Balaban J connectivity index is 1.47. The lowest BCUT2D eigenvalue weighted by atomic mass is 9.87. The molecule has 3 aromatic carbocycles. The summed E-state index contributed by atoms with van der Waals surface area (Å²) >= 11 is 0. The number of nitrogens with one attached hydrogen (secondary N) is 1. The number of halogens is 1. The Morgan fingerprint density at radius 2 is 1.55 bits per heavy atom. The van der Waals surface area contributed by atoms with E-state index in [1.54, 1.807) is 0 Å². The zero-order valence-electron chi connectivity index (χ0n) is 23.7. The summed E-state index contributed by atoms with van der Waals surface area (Å²) in [6, 6.07) is 21.7. The number of likely N-dealkylation sites (N-methyl/N-ethyl adjacent to an activating group) is 1. The molecule has 1 aromatic heterocycles. The van der Waals surface area contributed by atoms with E-state index in [0.717, 1.165) is 36.1 Å². The highest BCUT2D eigenvalue weighted by Gasteiger charge is 2.25. The smallest absolute Gasteiger partial charge is 0.270 e. The van der Waals surface area contributed by atoms with Crippen molar-refractivity contribution in [1.29, 1.82) is 0 Å². The SMILES string of the molecule is CCN1CCN(C(=O)c2cc3cc(NC(=O)c4ccc(F)cc4)ccc3n2Cc2ccc(C(C)(C)C)cc2)CC1. The maximum absolute atomic E-state index is 13.8. The van der Waals surface area contributed by atoms with Gasteiger partial charge in [0, 0.05) is 54.9 Å². The van der Waals surface area contributed by atoms with Crippen molar-refractivity contribution >= 4 is 28.4 Å². The zero-order valence-corrected chi connectivity index (χ0v) is 23.7. The maximum atomic E-state index is 13.8. The van der Waals surface area contributed by atoms with Crippen LogP contribution in [0, 0.1) is 5.82 Å². The molecule has 0 saturated carbocycles. The lowest BCUT2D eigenvalue weighted by molar-refractivity contribution is 0.0633. The van der Waals surface area contributed by atoms with Gasteiger partial charge in [0.05, 0.1) is 0 Å². The van der Waals surface area contributed by atoms with E-state index in [4.69, 9.17) is 0 Å². The Labute approximate surface area is 235 Å². The van der Waals surface area contributed by atoms with Crippen LogP contribution in [0.4, 0.5) is 10.1 Å². The Bertz CT molecular complexity index is 1510. The molecule has 4 aromatic rings. The van der Waals surface area contributed by atoms with Crippen molar-refractivity contribution < 1.29 is 14.0 Å². The number of amides is 2. The minimum absolute atomic E-state index is 0.0233. The van der Waals surface area contributed by atoms with E-state index in [0.29, 0.717) is 36.6 Å². The van der Waals surface area contributed by atoms with E-state index in [9.17, 15) is 14.0 Å². The van der Waals surface area contributed by atoms with Crippen molar-refractivity contribution in [3.05, 3.63) is 101 Å². The highest BCUT2D eigenvalue weighted by molar-refractivity contribution is 6.06. The molecule has 0 spiro atoms. The molecule has 0 aliphatic carbocycles. The fourth-order valence-corrected chi connectivity index (χ4v) is 5.22. The predicted octanol–water partition coefficient (Wildman–Crippen LogP) is 6.16. The molecule has 1 saturated heterocycles. The maximum Gasteiger partial charge on any atom is 0.270 e. The van der Waals surface area contributed by atoms with E-state index >= 15 is 0 Å². The molecule has 0 radical (unpaired) electrons. The van der Waals surface area contributed by atoms with Crippen LogP contribution in [0.3, 0.4) is 0 Å². The summed E-state index contributed by atoms with van der Waals surface area (Å²) in [5, 5.41) is 3.77. The number of fused-ring (bicyclic) bond motifs is 1. The quantitative estimate of drug-likeness (QED) is 0.319. The van der Waals surface area contributed by atoms with Gasteiger partial charge in [-0.2, -0.15) is 0 Å². The number of piperazine rings is 1. The number of nitrogens with zero attached hydrogens (tertiary/aromatic N) is 3. The largest absolute Gasteiger partial charge is 0.335 e. The van der Waals surface area contributed by atoms with Gasteiger partial charge in [-0.1, -0.05) is 52.0 Å². The number of carbonyl (C=O) groups excluding carboxylic acids is 2. The van der Waals surface area contributed by atoms with Crippen LogP contribution in [0.15, 0.2) is 72.8 Å². The Morgan fingerprint density at radius 1 is 0.875 bits per heavy atom. The zero-order chi connectivity index (χ0) is 28.4. The van der Waals surface area contributed by atoms with Crippen LogP contribution < -0.4 is 5.32 Å². The van der Waals surface area contributed by atoms with Gasteiger partial charge in [-0.3, -0.25) is 9.59 Å². The molecular formula is C33H37FN4O2. The minimum Gasteiger partial charge on any atom is -0.335 e. The fraction of sp³-hybridized carbons (Fsp3) is 0.333. The van der Waals surface area contributed by atoms with Crippen molar-refractivity contribution in [1.82, 2.24) is 14.4 Å². The normalized spacial score (nSPS) is 14.5. The minimum atomic E-state index is -0.388. The second kappa shape index (κ2) is 11.3. The molecule has 208 valence electrons. The Morgan fingerprint density at radius 3 is 2.17 bits per heavy atom. The van der Waals surface area contributed by atoms with Gasteiger partial charge in [0.25, 0.3) is 11.8 Å². The second-order valence-corrected chi connectivity index (χ2v) is 11.5. The van der Waals surface area contributed by atoms with Crippen LogP contribution in [-0.4, -0.2) is 58.9 Å². The van der Waals surface area contributed by atoms with Crippen molar-refractivity contribution in [3.63, 3.8) is 0 Å². The van der Waals surface area contributed by atoms with Gasteiger partial charge < -0.3 is 19.7 Å². The number of hydrogen-bond acceptors (Lipinski definition) is 3. The predicted molar refractivity (Wildman–Crippen MR) is 159 cm³/mol. The lowest BCUT2D eigenvalue weighted by Crippen LogP contribution is -2.48. The Hall–Kier alpha value is -3.97. The molecule has 1 aliphatic rings.